The third-order valence-corrected chi connectivity index (χ3v) is 7.00. The maximum atomic E-state index is 13.4. The molecule has 0 atom stereocenters. The molecule has 0 bridgehead atoms. The summed E-state index contributed by atoms with van der Waals surface area (Å²) in [5.41, 5.74) is 6.47. The number of nitrogen functional groups attached to an aromatic ring is 1. The van der Waals surface area contributed by atoms with Crippen LogP contribution in [-0.2, 0) is 15.7 Å². The van der Waals surface area contributed by atoms with Crippen molar-refractivity contribution in [1.29, 1.82) is 0 Å². The Kier molecular flexibility index (Phi) is 5.92. The van der Waals surface area contributed by atoms with E-state index >= 15 is 0 Å². The molecule has 3 fully saturated rings. The fourth-order valence-electron chi connectivity index (χ4n) is 4.73. The fourth-order valence-corrected chi connectivity index (χ4v) is 4.73. The van der Waals surface area contributed by atoms with E-state index in [0.717, 1.165) is 56.6 Å². The lowest BCUT2D eigenvalue weighted by Gasteiger charge is -2.42. The Morgan fingerprint density at radius 1 is 1.12 bits per heavy atom. The molecular weight excluding hydrogens is 435 g/mol. The number of methoxy groups -OCH3 is 1. The number of alkyl halides is 3. The van der Waals surface area contributed by atoms with Crippen LogP contribution in [-0.4, -0.2) is 73.5 Å². The van der Waals surface area contributed by atoms with E-state index in [1.807, 2.05) is 6.07 Å². The smallest absolute Gasteiger partial charge is 0.383 e. The van der Waals surface area contributed by atoms with E-state index < -0.39 is 17.6 Å². The third-order valence-electron chi connectivity index (χ3n) is 7.00. The molecule has 0 saturated carbocycles. The van der Waals surface area contributed by atoms with Gasteiger partial charge in [-0.25, -0.2) is 9.97 Å². The van der Waals surface area contributed by atoms with Crippen molar-refractivity contribution in [2.24, 2.45) is 0 Å². The highest BCUT2D eigenvalue weighted by Crippen LogP contribution is 2.38. The molecule has 33 heavy (non-hydrogen) atoms. The normalized spacial score (nSPS) is 21.2. The zero-order valence-electron chi connectivity index (χ0n) is 18.5. The van der Waals surface area contributed by atoms with Crippen molar-refractivity contribution >= 4 is 11.6 Å². The van der Waals surface area contributed by atoms with Crippen LogP contribution in [0.1, 0.15) is 29.9 Å². The molecule has 0 unspecified atom stereocenters. The quantitative estimate of drug-likeness (QED) is 0.730. The van der Waals surface area contributed by atoms with Crippen molar-refractivity contribution in [3.05, 3.63) is 35.5 Å². The fraction of sp³-hybridized carbons (Fsp3) is 0.565. The molecule has 5 rings (SSSR count). The second-order valence-electron chi connectivity index (χ2n) is 9.06. The number of piperidine rings is 1. The number of nitrogens with zero attached hydrogens (tertiary/aromatic N) is 4. The molecule has 0 radical (unpaired) electrons. The minimum atomic E-state index is -4.57. The lowest BCUT2D eigenvalue weighted by atomic mass is 9.88. The van der Waals surface area contributed by atoms with Gasteiger partial charge in [0.15, 0.2) is 0 Å². The number of rotatable bonds is 5. The van der Waals surface area contributed by atoms with Gasteiger partial charge in [0, 0.05) is 32.0 Å². The van der Waals surface area contributed by atoms with Gasteiger partial charge in [-0.2, -0.15) is 13.2 Å². The van der Waals surface area contributed by atoms with E-state index in [4.69, 9.17) is 20.2 Å². The average molecular weight is 464 g/mol. The van der Waals surface area contributed by atoms with Crippen LogP contribution in [0.15, 0.2) is 24.4 Å². The van der Waals surface area contributed by atoms with Crippen molar-refractivity contribution in [3.8, 4) is 11.3 Å². The van der Waals surface area contributed by atoms with Crippen molar-refractivity contribution < 1.29 is 22.6 Å². The molecule has 0 spiro atoms. The lowest BCUT2D eigenvalue weighted by molar-refractivity contribution is -0.137. The van der Waals surface area contributed by atoms with E-state index in [0.29, 0.717) is 36.3 Å². The number of ether oxygens (including phenoxy) is 2. The molecule has 0 amide bonds. The summed E-state index contributed by atoms with van der Waals surface area (Å²) in [4.78, 5) is 13.1. The minimum absolute atomic E-state index is 0.141. The van der Waals surface area contributed by atoms with E-state index in [1.54, 1.807) is 7.11 Å². The second-order valence-corrected chi connectivity index (χ2v) is 9.06. The molecule has 0 aromatic carbocycles. The zero-order chi connectivity index (χ0) is 23.2. The molecule has 2 N–H and O–H groups in total. The van der Waals surface area contributed by atoms with Crippen LogP contribution in [0.2, 0.25) is 0 Å². The number of nitrogens with two attached hydrogens (primary N) is 1. The highest BCUT2D eigenvalue weighted by atomic mass is 19.4. The van der Waals surface area contributed by atoms with Gasteiger partial charge in [0.25, 0.3) is 0 Å². The molecule has 5 heterocycles. The molecule has 2 aromatic rings. The molecule has 3 saturated heterocycles. The summed E-state index contributed by atoms with van der Waals surface area (Å²) < 4.78 is 51.0. The summed E-state index contributed by atoms with van der Waals surface area (Å²) in [5.74, 6) is 0.558. The maximum absolute atomic E-state index is 13.4. The number of hydrogen-bond acceptors (Lipinski definition) is 7. The van der Waals surface area contributed by atoms with Gasteiger partial charge < -0.3 is 20.1 Å². The lowest BCUT2D eigenvalue weighted by Crippen LogP contribution is -2.52. The van der Waals surface area contributed by atoms with E-state index in [-0.39, 0.29) is 6.10 Å². The van der Waals surface area contributed by atoms with Crippen LogP contribution in [0, 0.1) is 0 Å². The molecule has 10 heteroatoms. The SMILES string of the molecule is COC1CN(c2cc(C3CCN(C4COC4)CC3)cc(-c3cnc(N)c(C(F)(F)F)c3)n2)C1. The van der Waals surface area contributed by atoms with Gasteiger partial charge in [0.1, 0.15) is 11.6 Å². The number of hydrogen-bond donors (Lipinski definition) is 1. The standard InChI is InChI=1S/C23H28F3N5O2/c1-32-18-10-31(11-18)21-8-15(14-2-4-30(5-3-14)17-12-33-13-17)7-20(29-21)16-6-19(23(24,25)26)22(27)28-9-16/h6-9,14,17-18H,2-5,10-13H2,1H3,(H2,27,28). The Labute approximate surface area is 190 Å². The van der Waals surface area contributed by atoms with Gasteiger partial charge in [-0.15, -0.1) is 0 Å². The molecule has 0 aliphatic carbocycles. The van der Waals surface area contributed by atoms with Gasteiger partial charge in [-0.1, -0.05) is 0 Å². The Balaban J connectivity index is 1.45. The number of anilines is 2. The first kappa shape index (κ1) is 22.4. The zero-order valence-corrected chi connectivity index (χ0v) is 18.5. The van der Waals surface area contributed by atoms with Crippen LogP contribution in [0.3, 0.4) is 0 Å². The van der Waals surface area contributed by atoms with Crippen molar-refractivity contribution in [2.75, 3.05) is 57.1 Å². The number of likely N-dealkylation sites (tertiary alicyclic amines) is 1. The van der Waals surface area contributed by atoms with Gasteiger partial charge in [0.05, 0.1) is 36.6 Å². The molecule has 3 aliphatic rings. The molecular formula is C23H28F3N5O2. The summed E-state index contributed by atoms with van der Waals surface area (Å²) in [6.45, 7) is 5.00. The average Bonchev–Trinajstić information content (AvgIpc) is 2.72. The van der Waals surface area contributed by atoms with E-state index in [9.17, 15) is 13.2 Å². The topological polar surface area (TPSA) is 76.7 Å². The predicted molar refractivity (Wildman–Crippen MR) is 118 cm³/mol. The van der Waals surface area contributed by atoms with E-state index in [2.05, 4.69) is 20.9 Å². The van der Waals surface area contributed by atoms with Crippen molar-refractivity contribution in [1.82, 2.24) is 14.9 Å². The van der Waals surface area contributed by atoms with Gasteiger partial charge in [0.2, 0.25) is 0 Å². The summed E-state index contributed by atoms with van der Waals surface area (Å²) in [5, 5.41) is 0. The van der Waals surface area contributed by atoms with Gasteiger partial charge in [-0.3, -0.25) is 4.90 Å². The third kappa shape index (κ3) is 4.51. The first-order valence-corrected chi connectivity index (χ1v) is 11.3. The maximum Gasteiger partial charge on any atom is 0.419 e. The van der Waals surface area contributed by atoms with E-state index in [1.165, 1.54) is 6.20 Å². The number of aromatic nitrogens is 2. The summed E-state index contributed by atoms with van der Waals surface area (Å²) in [6.07, 6.45) is -1.08. The first-order valence-electron chi connectivity index (χ1n) is 11.3. The minimum Gasteiger partial charge on any atom is -0.383 e. The highest BCUT2D eigenvalue weighted by molar-refractivity contribution is 5.66. The predicted octanol–water partition coefficient (Wildman–Crippen LogP) is 3.16. The van der Waals surface area contributed by atoms with Crippen LogP contribution in [0.25, 0.3) is 11.3 Å². The molecule has 2 aromatic heterocycles. The van der Waals surface area contributed by atoms with Gasteiger partial charge >= 0.3 is 6.18 Å². The Hall–Kier alpha value is -2.43. The Morgan fingerprint density at radius 2 is 1.85 bits per heavy atom. The summed E-state index contributed by atoms with van der Waals surface area (Å²) in [7, 11) is 1.68. The van der Waals surface area contributed by atoms with Crippen LogP contribution >= 0.6 is 0 Å². The highest BCUT2D eigenvalue weighted by Gasteiger charge is 2.35. The second kappa shape index (κ2) is 8.73. The van der Waals surface area contributed by atoms with Crippen LogP contribution in [0.4, 0.5) is 24.8 Å². The Bertz CT molecular complexity index is 1000. The Morgan fingerprint density at radius 3 is 2.45 bits per heavy atom. The van der Waals surface area contributed by atoms with Crippen LogP contribution < -0.4 is 10.6 Å². The summed E-state index contributed by atoms with van der Waals surface area (Å²) in [6, 6.07) is 5.56. The monoisotopic (exact) mass is 463 g/mol. The first-order chi connectivity index (χ1) is 15.8. The van der Waals surface area contributed by atoms with Gasteiger partial charge in [-0.05, 0) is 55.6 Å². The van der Waals surface area contributed by atoms with Crippen molar-refractivity contribution in [3.63, 3.8) is 0 Å². The number of pyridine rings is 2. The molecule has 3 aliphatic heterocycles. The molecule has 7 nitrogen and oxygen atoms in total. The molecule has 178 valence electrons. The largest absolute Gasteiger partial charge is 0.419 e. The summed E-state index contributed by atoms with van der Waals surface area (Å²) >= 11 is 0. The van der Waals surface area contributed by atoms with Crippen LogP contribution in [0.5, 0.6) is 0 Å². The van der Waals surface area contributed by atoms with Crippen molar-refractivity contribution in [2.45, 2.75) is 37.1 Å². The number of halogens is 3.